The molecule has 0 saturated heterocycles. The molecule has 0 atom stereocenters. The maximum absolute atomic E-state index is 4.85. The molecule has 2 nitrogen and oxygen atoms in total. The fourth-order valence-corrected chi connectivity index (χ4v) is 4.07. The number of pyridine rings is 2. The summed E-state index contributed by atoms with van der Waals surface area (Å²) in [6.45, 7) is 0. The summed E-state index contributed by atoms with van der Waals surface area (Å²) >= 11 is 7.47. The molecule has 0 fully saturated rings. The van der Waals surface area contributed by atoms with Gasteiger partial charge in [0.15, 0.2) is 0 Å². The lowest BCUT2D eigenvalue weighted by molar-refractivity contribution is 1.27. The van der Waals surface area contributed by atoms with E-state index in [0.29, 0.717) is 0 Å². The van der Waals surface area contributed by atoms with Crippen molar-refractivity contribution in [1.29, 1.82) is 0 Å². The Morgan fingerprint density at radius 1 is 0.750 bits per heavy atom. The number of fused-ring (bicyclic) bond motifs is 1. The minimum Gasteiger partial charge on any atom is -0.255 e. The molecule has 24 heavy (non-hydrogen) atoms. The van der Waals surface area contributed by atoms with E-state index < -0.39 is 0 Å². The number of hydrogen-bond acceptors (Lipinski definition) is 2. The number of rotatable bonds is 2. The van der Waals surface area contributed by atoms with Crippen LogP contribution in [0.15, 0.2) is 81.9 Å². The Hall–Kier alpha value is -2.04. The molecule has 0 aliphatic carbocycles. The summed E-state index contributed by atoms with van der Waals surface area (Å²) in [5.41, 5.74) is 4.89. The first kappa shape index (κ1) is 15.5. The van der Waals surface area contributed by atoms with Crippen LogP contribution in [0.5, 0.6) is 0 Å². The number of halogens is 2. The molecule has 0 saturated carbocycles. The monoisotopic (exact) mass is 438 g/mol. The minimum atomic E-state index is 0.847. The Morgan fingerprint density at radius 3 is 2.29 bits per heavy atom. The Labute approximate surface area is 156 Å². The van der Waals surface area contributed by atoms with Crippen LogP contribution in [0.3, 0.4) is 0 Å². The molecule has 0 radical (unpaired) electrons. The minimum absolute atomic E-state index is 0.847. The highest BCUT2D eigenvalue weighted by Gasteiger charge is 2.18. The zero-order valence-electron chi connectivity index (χ0n) is 12.6. The lowest BCUT2D eigenvalue weighted by atomic mass is 9.99. The van der Waals surface area contributed by atoms with Gasteiger partial charge >= 0.3 is 0 Å². The van der Waals surface area contributed by atoms with Crippen LogP contribution in [0, 0.1) is 0 Å². The standard InChI is InChI=1S/C20H12Br2N2/c21-14-9-6-11-15-18(14)17(13-7-2-1-3-8-13)19(22)20(24-15)16-10-4-5-12-23-16/h1-12H. The summed E-state index contributed by atoms with van der Waals surface area (Å²) in [6, 6.07) is 22.3. The second-order valence-corrected chi connectivity index (χ2v) is 7.01. The first-order valence-electron chi connectivity index (χ1n) is 7.50. The third-order valence-corrected chi connectivity index (χ3v) is 5.30. The predicted molar refractivity (Wildman–Crippen MR) is 106 cm³/mol. The van der Waals surface area contributed by atoms with Crippen molar-refractivity contribution in [2.75, 3.05) is 0 Å². The van der Waals surface area contributed by atoms with Crippen molar-refractivity contribution >= 4 is 42.8 Å². The van der Waals surface area contributed by atoms with Crippen LogP contribution >= 0.6 is 31.9 Å². The van der Waals surface area contributed by atoms with E-state index in [2.05, 4.69) is 49.0 Å². The molecule has 2 aromatic carbocycles. The van der Waals surface area contributed by atoms with Crippen molar-refractivity contribution in [1.82, 2.24) is 9.97 Å². The van der Waals surface area contributed by atoms with Crippen LogP contribution in [0.1, 0.15) is 0 Å². The van der Waals surface area contributed by atoms with E-state index in [0.717, 1.165) is 42.4 Å². The van der Waals surface area contributed by atoms with Gasteiger partial charge in [-0.25, -0.2) is 4.98 Å². The summed E-state index contributed by atoms with van der Waals surface area (Å²) in [7, 11) is 0. The van der Waals surface area contributed by atoms with Gasteiger partial charge in [-0.05, 0) is 45.8 Å². The van der Waals surface area contributed by atoms with Crippen molar-refractivity contribution in [3.63, 3.8) is 0 Å². The lowest BCUT2D eigenvalue weighted by Gasteiger charge is -2.14. The highest BCUT2D eigenvalue weighted by Crippen LogP contribution is 2.42. The molecule has 0 bridgehead atoms. The van der Waals surface area contributed by atoms with Crippen molar-refractivity contribution < 1.29 is 0 Å². The predicted octanol–water partition coefficient (Wildman–Crippen LogP) is 6.49. The average molecular weight is 440 g/mol. The largest absolute Gasteiger partial charge is 0.255 e. The molecule has 0 unspecified atom stereocenters. The zero-order chi connectivity index (χ0) is 16.5. The van der Waals surface area contributed by atoms with Crippen molar-refractivity contribution in [2.24, 2.45) is 0 Å². The average Bonchev–Trinajstić information content (AvgIpc) is 2.63. The smallest absolute Gasteiger partial charge is 0.104 e. The topological polar surface area (TPSA) is 25.8 Å². The van der Waals surface area contributed by atoms with E-state index in [-0.39, 0.29) is 0 Å². The second-order valence-electron chi connectivity index (χ2n) is 5.36. The number of hydrogen-bond donors (Lipinski definition) is 0. The molecule has 0 aliphatic rings. The van der Waals surface area contributed by atoms with E-state index in [1.807, 2.05) is 54.6 Å². The molecular weight excluding hydrogens is 428 g/mol. The molecular formula is C20H12Br2N2. The van der Waals surface area contributed by atoms with Gasteiger partial charge in [0.2, 0.25) is 0 Å². The Balaban J connectivity index is 2.14. The highest BCUT2D eigenvalue weighted by molar-refractivity contribution is 9.11. The van der Waals surface area contributed by atoms with E-state index in [4.69, 9.17) is 4.98 Å². The lowest BCUT2D eigenvalue weighted by Crippen LogP contribution is -1.94. The summed E-state index contributed by atoms with van der Waals surface area (Å²) in [4.78, 5) is 9.32. The Morgan fingerprint density at radius 2 is 1.54 bits per heavy atom. The fourth-order valence-electron chi connectivity index (χ4n) is 2.80. The fraction of sp³-hybridized carbons (Fsp3) is 0. The molecule has 4 rings (SSSR count). The van der Waals surface area contributed by atoms with Crippen molar-refractivity contribution in [3.8, 4) is 22.5 Å². The Kier molecular flexibility index (Phi) is 4.17. The van der Waals surface area contributed by atoms with Crippen LogP contribution < -0.4 is 0 Å². The molecule has 2 heterocycles. The van der Waals surface area contributed by atoms with E-state index in [9.17, 15) is 0 Å². The molecule has 0 amide bonds. The van der Waals surface area contributed by atoms with E-state index in [1.165, 1.54) is 0 Å². The molecule has 0 spiro atoms. The Bertz CT molecular complexity index is 1020. The molecule has 116 valence electrons. The first-order chi connectivity index (χ1) is 11.8. The van der Waals surface area contributed by atoms with Gasteiger partial charge in [-0.3, -0.25) is 4.98 Å². The third-order valence-electron chi connectivity index (χ3n) is 3.87. The van der Waals surface area contributed by atoms with Gasteiger partial charge in [0.1, 0.15) is 5.69 Å². The van der Waals surface area contributed by atoms with E-state index in [1.54, 1.807) is 6.20 Å². The van der Waals surface area contributed by atoms with Gasteiger partial charge in [-0.2, -0.15) is 0 Å². The molecule has 0 N–H and O–H groups in total. The van der Waals surface area contributed by atoms with Gasteiger partial charge in [0.25, 0.3) is 0 Å². The first-order valence-corrected chi connectivity index (χ1v) is 9.09. The van der Waals surface area contributed by atoms with Crippen LogP contribution in [0.4, 0.5) is 0 Å². The van der Waals surface area contributed by atoms with Crippen molar-refractivity contribution in [2.45, 2.75) is 0 Å². The van der Waals surface area contributed by atoms with Crippen LogP contribution in [-0.2, 0) is 0 Å². The molecule has 2 aromatic heterocycles. The number of nitrogens with zero attached hydrogens (tertiary/aromatic N) is 2. The van der Waals surface area contributed by atoms with Crippen molar-refractivity contribution in [3.05, 3.63) is 81.9 Å². The maximum Gasteiger partial charge on any atom is 0.104 e. The summed E-state index contributed by atoms with van der Waals surface area (Å²) in [5, 5.41) is 1.09. The maximum atomic E-state index is 4.85. The zero-order valence-corrected chi connectivity index (χ0v) is 15.8. The SMILES string of the molecule is Brc1c(-c2ccccn2)nc2cccc(Br)c2c1-c1ccccc1. The molecule has 4 aromatic rings. The van der Waals surface area contributed by atoms with Gasteiger partial charge in [0, 0.05) is 21.6 Å². The summed E-state index contributed by atoms with van der Waals surface area (Å²) in [5.74, 6) is 0. The van der Waals surface area contributed by atoms with Crippen LogP contribution in [-0.4, -0.2) is 9.97 Å². The second kappa shape index (κ2) is 6.46. The van der Waals surface area contributed by atoms with Gasteiger partial charge in [0.05, 0.1) is 15.7 Å². The quantitative estimate of drug-likeness (QED) is 0.356. The summed E-state index contributed by atoms with van der Waals surface area (Å²) in [6.07, 6.45) is 1.79. The summed E-state index contributed by atoms with van der Waals surface area (Å²) < 4.78 is 1.98. The highest BCUT2D eigenvalue weighted by atomic mass is 79.9. The number of benzene rings is 2. The van der Waals surface area contributed by atoms with Crippen LogP contribution in [0.2, 0.25) is 0 Å². The van der Waals surface area contributed by atoms with Gasteiger partial charge < -0.3 is 0 Å². The van der Waals surface area contributed by atoms with E-state index >= 15 is 0 Å². The normalized spacial score (nSPS) is 10.9. The molecule has 4 heteroatoms. The van der Waals surface area contributed by atoms with Crippen LogP contribution in [0.25, 0.3) is 33.4 Å². The molecule has 0 aliphatic heterocycles. The third kappa shape index (κ3) is 2.66. The van der Waals surface area contributed by atoms with Gasteiger partial charge in [-0.15, -0.1) is 0 Å². The van der Waals surface area contributed by atoms with Gasteiger partial charge in [-0.1, -0.05) is 58.4 Å². The number of aromatic nitrogens is 2.